The van der Waals surface area contributed by atoms with Crippen LogP contribution in [0.4, 0.5) is 4.39 Å². The highest BCUT2D eigenvalue weighted by Gasteiger charge is 2.24. The Morgan fingerprint density at radius 2 is 2.05 bits per heavy atom. The fourth-order valence-electron chi connectivity index (χ4n) is 2.80. The van der Waals surface area contributed by atoms with Crippen molar-refractivity contribution in [2.24, 2.45) is 5.92 Å². The summed E-state index contributed by atoms with van der Waals surface area (Å²) in [6.45, 7) is 8.66. The van der Waals surface area contributed by atoms with E-state index < -0.39 is 0 Å². The fourth-order valence-corrected chi connectivity index (χ4v) is 2.80. The Morgan fingerprint density at radius 3 is 2.67 bits per heavy atom. The van der Waals surface area contributed by atoms with E-state index in [9.17, 15) is 4.39 Å². The van der Waals surface area contributed by atoms with Gasteiger partial charge in [-0.05, 0) is 57.3 Å². The summed E-state index contributed by atoms with van der Waals surface area (Å²) in [6, 6.07) is 7.30. The van der Waals surface area contributed by atoms with Crippen LogP contribution in [0.15, 0.2) is 24.3 Å². The maximum Gasteiger partial charge on any atom is 0.127 e. The molecule has 3 heteroatoms. The number of halogens is 1. The number of nitrogens with zero attached hydrogens (tertiary/aromatic N) is 1. The van der Waals surface area contributed by atoms with E-state index in [1.165, 1.54) is 19.4 Å². The van der Waals surface area contributed by atoms with Crippen molar-refractivity contribution in [1.82, 2.24) is 10.2 Å². The zero-order chi connectivity index (χ0) is 15.1. The topological polar surface area (TPSA) is 15.3 Å². The number of benzene rings is 1. The van der Waals surface area contributed by atoms with Crippen molar-refractivity contribution in [3.8, 4) is 0 Å². The Kier molecular flexibility index (Phi) is 6.65. The minimum absolute atomic E-state index is 0.0867. The standard InChI is InChI=1S/C18H29FN2/c1-3-12-20-18(16-7-5-6-8-17(16)19)11-13-21(4-2)14-15-9-10-15/h5-8,15,18,20H,3-4,9-14H2,1-2H3. The fraction of sp³-hybridized carbons (Fsp3) is 0.667. The maximum absolute atomic E-state index is 14.0. The van der Waals surface area contributed by atoms with Crippen LogP contribution < -0.4 is 5.32 Å². The highest BCUT2D eigenvalue weighted by Crippen LogP contribution is 2.30. The van der Waals surface area contributed by atoms with Crippen molar-refractivity contribution in [2.45, 2.75) is 45.6 Å². The third-order valence-corrected chi connectivity index (χ3v) is 4.32. The van der Waals surface area contributed by atoms with E-state index in [2.05, 4.69) is 24.1 Å². The summed E-state index contributed by atoms with van der Waals surface area (Å²) < 4.78 is 14.0. The molecule has 2 nitrogen and oxygen atoms in total. The number of hydrogen-bond acceptors (Lipinski definition) is 2. The summed E-state index contributed by atoms with van der Waals surface area (Å²) in [5, 5.41) is 3.51. The van der Waals surface area contributed by atoms with E-state index in [1.807, 2.05) is 12.1 Å². The van der Waals surface area contributed by atoms with Crippen LogP contribution in [-0.2, 0) is 0 Å². The zero-order valence-corrected chi connectivity index (χ0v) is 13.4. The van der Waals surface area contributed by atoms with E-state index in [-0.39, 0.29) is 11.9 Å². The lowest BCUT2D eigenvalue weighted by Gasteiger charge is -2.25. The third kappa shape index (κ3) is 5.40. The van der Waals surface area contributed by atoms with Gasteiger partial charge in [0.05, 0.1) is 0 Å². The molecule has 118 valence electrons. The molecule has 0 bridgehead atoms. The van der Waals surface area contributed by atoms with E-state index >= 15 is 0 Å². The second-order valence-electron chi connectivity index (χ2n) is 6.15. The van der Waals surface area contributed by atoms with Gasteiger partial charge in [0.25, 0.3) is 0 Å². The lowest BCUT2D eigenvalue weighted by atomic mass is 10.0. The summed E-state index contributed by atoms with van der Waals surface area (Å²) in [6.07, 6.45) is 4.83. The Hall–Kier alpha value is -0.930. The lowest BCUT2D eigenvalue weighted by Crippen LogP contribution is -2.31. The van der Waals surface area contributed by atoms with Crippen molar-refractivity contribution in [2.75, 3.05) is 26.2 Å². The van der Waals surface area contributed by atoms with Crippen molar-refractivity contribution < 1.29 is 4.39 Å². The van der Waals surface area contributed by atoms with E-state index in [1.54, 1.807) is 12.1 Å². The van der Waals surface area contributed by atoms with Crippen LogP contribution in [0.1, 0.15) is 51.1 Å². The molecule has 1 aromatic carbocycles. The largest absolute Gasteiger partial charge is 0.310 e. The monoisotopic (exact) mass is 292 g/mol. The molecule has 2 rings (SSSR count). The first-order chi connectivity index (χ1) is 10.2. The molecule has 21 heavy (non-hydrogen) atoms. The van der Waals surface area contributed by atoms with Gasteiger partial charge in [-0.1, -0.05) is 32.0 Å². The predicted molar refractivity (Wildman–Crippen MR) is 86.9 cm³/mol. The molecule has 1 atom stereocenters. The minimum Gasteiger partial charge on any atom is -0.310 e. The van der Waals surface area contributed by atoms with Crippen LogP contribution in [0, 0.1) is 11.7 Å². The number of rotatable bonds is 10. The van der Waals surface area contributed by atoms with Crippen LogP contribution >= 0.6 is 0 Å². The molecule has 0 spiro atoms. The first kappa shape index (κ1) is 16.4. The third-order valence-electron chi connectivity index (χ3n) is 4.32. The van der Waals surface area contributed by atoms with Crippen molar-refractivity contribution >= 4 is 0 Å². The normalized spacial score (nSPS) is 16.4. The summed E-state index contributed by atoms with van der Waals surface area (Å²) in [5.74, 6) is 0.830. The molecule has 1 aromatic rings. The molecule has 1 saturated carbocycles. The molecular formula is C18H29FN2. The maximum atomic E-state index is 14.0. The van der Waals surface area contributed by atoms with Crippen LogP contribution in [0.25, 0.3) is 0 Å². The number of nitrogens with one attached hydrogen (secondary N) is 1. The SMILES string of the molecule is CCCNC(CCN(CC)CC1CC1)c1ccccc1F. The first-order valence-electron chi connectivity index (χ1n) is 8.44. The van der Waals surface area contributed by atoms with Gasteiger partial charge in [-0.3, -0.25) is 0 Å². The molecule has 0 saturated heterocycles. The minimum atomic E-state index is -0.0867. The van der Waals surface area contributed by atoms with Gasteiger partial charge in [0.2, 0.25) is 0 Å². The molecule has 1 unspecified atom stereocenters. The summed E-state index contributed by atoms with van der Waals surface area (Å²) in [5.41, 5.74) is 0.813. The van der Waals surface area contributed by atoms with Gasteiger partial charge in [0.1, 0.15) is 5.82 Å². The second-order valence-corrected chi connectivity index (χ2v) is 6.15. The average molecular weight is 292 g/mol. The van der Waals surface area contributed by atoms with Crippen LogP contribution in [0.5, 0.6) is 0 Å². The molecule has 0 amide bonds. The molecule has 1 fully saturated rings. The first-order valence-corrected chi connectivity index (χ1v) is 8.44. The lowest BCUT2D eigenvalue weighted by molar-refractivity contribution is 0.258. The van der Waals surface area contributed by atoms with Crippen LogP contribution in [0.2, 0.25) is 0 Å². The Balaban J connectivity index is 1.93. The van der Waals surface area contributed by atoms with Gasteiger partial charge in [-0.25, -0.2) is 4.39 Å². The van der Waals surface area contributed by atoms with Crippen molar-refractivity contribution in [3.63, 3.8) is 0 Å². The van der Waals surface area contributed by atoms with Gasteiger partial charge in [0.15, 0.2) is 0 Å². The summed E-state index contributed by atoms with van der Waals surface area (Å²) in [4.78, 5) is 2.51. The van der Waals surface area contributed by atoms with Gasteiger partial charge in [-0.15, -0.1) is 0 Å². The number of hydrogen-bond donors (Lipinski definition) is 1. The quantitative estimate of drug-likeness (QED) is 0.701. The van der Waals surface area contributed by atoms with Crippen molar-refractivity contribution in [1.29, 1.82) is 0 Å². The zero-order valence-electron chi connectivity index (χ0n) is 13.4. The summed E-state index contributed by atoms with van der Waals surface area (Å²) >= 11 is 0. The molecule has 1 aliphatic rings. The highest BCUT2D eigenvalue weighted by molar-refractivity contribution is 5.21. The van der Waals surface area contributed by atoms with Gasteiger partial charge in [0, 0.05) is 18.2 Å². The Morgan fingerprint density at radius 1 is 1.29 bits per heavy atom. The predicted octanol–water partition coefficient (Wildman–Crippen LogP) is 3.99. The Bertz CT molecular complexity index is 417. The second kappa shape index (κ2) is 8.50. The van der Waals surface area contributed by atoms with E-state index in [0.717, 1.165) is 44.0 Å². The Labute approximate surface area is 128 Å². The highest BCUT2D eigenvalue weighted by atomic mass is 19.1. The van der Waals surface area contributed by atoms with Gasteiger partial charge < -0.3 is 10.2 Å². The van der Waals surface area contributed by atoms with Gasteiger partial charge >= 0.3 is 0 Å². The van der Waals surface area contributed by atoms with Crippen LogP contribution in [0.3, 0.4) is 0 Å². The van der Waals surface area contributed by atoms with Gasteiger partial charge in [-0.2, -0.15) is 0 Å². The average Bonchev–Trinajstić information content (AvgIpc) is 3.31. The van der Waals surface area contributed by atoms with E-state index in [0.29, 0.717) is 0 Å². The van der Waals surface area contributed by atoms with Crippen molar-refractivity contribution in [3.05, 3.63) is 35.6 Å². The molecule has 0 aromatic heterocycles. The smallest absolute Gasteiger partial charge is 0.127 e. The molecule has 0 heterocycles. The molecule has 1 N–H and O–H groups in total. The summed E-state index contributed by atoms with van der Waals surface area (Å²) in [7, 11) is 0. The molecular weight excluding hydrogens is 263 g/mol. The molecule has 0 radical (unpaired) electrons. The molecule has 0 aliphatic heterocycles. The van der Waals surface area contributed by atoms with Crippen LogP contribution in [-0.4, -0.2) is 31.1 Å². The molecule has 1 aliphatic carbocycles. The van der Waals surface area contributed by atoms with E-state index in [4.69, 9.17) is 0 Å².